The molecular weight excluding hydrogens is 136 g/mol. The fourth-order valence-electron chi connectivity index (χ4n) is 1.31. The van der Waals surface area contributed by atoms with Crippen molar-refractivity contribution >= 4 is 11.4 Å². The van der Waals surface area contributed by atoms with Gasteiger partial charge in [-0.05, 0) is 12.1 Å². The molecule has 1 fully saturated rings. The van der Waals surface area contributed by atoms with Gasteiger partial charge in [-0.15, -0.1) is 0 Å². The van der Waals surface area contributed by atoms with E-state index in [0.29, 0.717) is 0 Å². The first-order valence-corrected chi connectivity index (χ1v) is 3.58. The quantitative estimate of drug-likeness (QED) is 0.556. The molecule has 2 heteroatoms. The lowest BCUT2D eigenvalue weighted by Crippen LogP contribution is -2.00. The highest BCUT2D eigenvalue weighted by Crippen LogP contribution is 2.43. The van der Waals surface area contributed by atoms with Crippen molar-refractivity contribution in [2.75, 3.05) is 10.2 Å². The van der Waals surface area contributed by atoms with Crippen molar-refractivity contribution in [1.29, 1.82) is 0 Å². The second kappa shape index (κ2) is 1.59. The predicted molar refractivity (Wildman–Crippen MR) is 43.9 cm³/mol. The van der Waals surface area contributed by atoms with Crippen molar-refractivity contribution < 1.29 is 0 Å². The van der Waals surface area contributed by atoms with Crippen LogP contribution >= 0.6 is 0 Å². The molecule has 2 aliphatic rings. The molecule has 2 aliphatic heterocycles. The minimum Gasteiger partial charge on any atom is -0.358 e. The Morgan fingerprint density at radius 2 is 2.18 bits per heavy atom. The zero-order valence-electron chi connectivity index (χ0n) is 5.83. The number of fused-ring (bicyclic) bond motifs is 3. The first-order valence-electron chi connectivity index (χ1n) is 3.58. The largest absolute Gasteiger partial charge is 0.358 e. The smallest absolute Gasteiger partial charge is 0.150 e. The molecule has 1 saturated heterocycles. The fourth-order valence-corrected chi connectivity index (χ4v) is 1.31. The molecular formula is C9H6N2. The Morgan fingerprint density at radius 1 is 1.27 bits per heavy atom. The molecule has 0 atom stereocenters. The SMILES string of the molecule is [C]1C2=CNc3ccccc3N12. The van der Waals surface area contributed by atoms with Gasteiger partial charge >= 0.3 is 0 Å². The number of rotatable bonds is 0. The van der Waals surface area contributed by atoms with Crippen LogP contribution in [0.1, 0.15) is 0 Å². The van der Waals surface area contributed by atoms with Gasteiger partial charge in [-0.25, -0.2) is 0 Å². The van der Waals surface area contributed by atoms with Crippen LogP contribution in [0.4, 0.5) is 11.4 Å². The molecule has 1 N–H and O–H groups in total. The van der Waals surface area contributed by atoms with Crippen LogP contribution in [0.3, 0.4) is 0 Å². The monoisotopic (exact) mass is 142 g/mol. The summed E-state index contributed by atoms with van der Waals surface area (Å²) in [5.74, 6) is 0. The van der Waals surface area contributed by atoms with Gasteiger partial charge in [0.1, 0.15) is 0 Å². The first-order chi connectivity index (χ1) is 5.45. The van der Waals surface area contributed by atoms with Crippen molar-refractivity contribution in [2.45, 2.75) is 0 Å². The van der Waals surface area contributed by atoms with E-state index in [0.717, 1.165) is 11.4 Å². The average molecular weight is 142 g/mol. The molecule has 2 heterocycles. The van der Waals surface area contributed by atoms with Crippen LogP contribution in [0.25, 0.3) is 0 Å². The Morgan fingerprint density at radius 3 is 3.18 bits per heavy atom. The van der Waals surface area contributed by atoms with E-state index in [1.165, 1.54) is 5.69 Å². The number of para-hydroxylation sites is 2. The maximum Gasteiger partial charge on any atom is 0.150 e. The molecule has 0 aliphatic carbocycles. The lowest BCUT2D eigenvalue weighted by Gasteiger charge is -2.12. The van der Waals surface area contributed by atoms with E-state index in [2.05, 4.69) is 24.0 Å². The van der Waals surface area contributed by atoms with Crippen LogP contribution in [0.15, 0.2) is 36.2 Å². The standard InChI is InChI=1S/C9H6N2/c1-2-4-9-8(3-1)10-5-7-6-11(7)9/h1-5,10H. The molecule has 0 amide bonds. The third kappa shape index (κ3) is 0.611. The Balaban J connectivity index is 2.21. The Labute approximate surface area is 65.1 Å². The number of hydrogen-bond donors (Lipinski definition) is 1. The van der Waals surface area contributed by atoms with Gasteiger partial charge in [0.05, 0.1) is 17.1 Å². The average Bonchev–Trinajstić information content (AvgIpc) is 2.83. The van der Waals surface area contributed by atoms with Crippen LogP contribution < -0.4 is 10.2 Å². The van der Waals surface area contributed by atoms with Gasteiger partial charge in [0.25, 0.3) is 0 Å². The summed E-state index contributed by atoms with van der Waals surface area (Å²) in [4.78, 5) is 2.05. The molecule has 1 aromatic rings. The molecule has 2 nitrogen and oxygen atoms in total. The lowest BCUT2D eigenvalue weighted by atomic mass is 10.2. The molecule has 0 bridgehead atoms. The van der Waals surface area contributed by atoms with Gasteiger partial charge < -0.3 is 10.2 Å². The van der Waals surface area contributed by atoms with Crippen molar-refractivity contribution in [3.63, 3.8) is 0 Å². The van der Waals surface area contributed by atoms with Crippen molar-refractivity contribution in [1.82, 2.24) is 0 Å². The summed E-state index contributed by atoms with van der Waals surface area (Å²) in [6, 6.07) is 8.19. The van der Waals surface area contributed by atoms with Crippen LogP contribution in [-0.2, 0) is 0 Å². The van der Waals surface area contributed by atoms with Crippen molar-refractivity contribution in [2.24, 2.45) is 0 Å². The maximum atomic E-state index is 3.19. The van der Waals surface area contributed by atoms with E-state index in [-0.39, 0.29) is 0 Å². The van der Waals surface area contributed by atoms with Crippen molar-refractivity contribution in [3.8, 4) is 0 Å². The summed E-state index contributed by atoms with van der Waals surface area (Å²) in [6.45, 7) is 3.12. The Bertz CT molecular complexity index is 341. The van der Waals surface area contributed by atoms with Gasteiger partial charge in [0, 0.05) is 6.20 Å². The number of hydrogen-bond acceptors (Lipinski definition) is 2. The van der Waals surface area contributed by atoms with E-state index in [4.69, 9.17) is 0 Å². The minimum atomic E-state index is 1.14. The van der Waals surface area contributed by atoms with E-state index in [1.807, 2.05) is 23.2 Å². The Kier molecular flexibility index (Phi) is 0.756. The summed E-state index contributed by atoms with van der Waals surface area (Å²) >= 11 is 0. The highest BCUT2D eigenvalue weighted by atomic mass is 15.3. The molecule has 0 spiro atoms. The predicted octanol–water partition coefficient (Wildman–Crippen LogP) is 1.81. The van der Waals surface area contributed by atoms with E-state index >= 15 is 0 Å². The normalized spacial score (nSPS) is 17.8. The third-order valence-electron chi connectivity index (χ3n) is 1.93. The molecule has 0 saturated carbocycles. The highest BCUT2D eigenvalue weighted by molar-refractivity contribution is 5.84. The summed E-state index contributed by atoms with van der Waals surface area (Å²) in [6.07, 6.45) is 1.96. The summed E-state index contributed by atoms with van der Waals surface area (Å²) in [7, 11) is 0. The lowest BCUT2D eigenvalue weighted by molar-refractivity contribution is 1.40. The zero-order chi connectivity index (χ0) is 7.26. The van der Waals surface area contributed by atoms with Gasteiger partial charge in [-0.2, -0.15) is 0 Å². The van der Waals surface area contributed by atoms with Crippen LogP contribution in [0, 0.1) is 6.54 Å². The van der Waals surface area contributed by atoms with E-state index in [1.54, 1.807) is 0 Å². The summed E-state index contributed by atoms with van der Waals surface area (Å²) in [5, 5.41) is 3.19. The van der Waals surface area contributed by atoms with Gasteiger partial charge in [-0.3, -0.25) is 0 Å². The Hall–Kier alpha value is -1.44. The van der Waals surface area contributed by atoms with E-state index < -0.39 is 0 Å². The molecule has 11 heavy (non-hydrogen) atoms. The molecule has 3 rings (SSSR count). The fraction of sp³-hybridized carbons (Fsp3) is 0. The third-order valence-corrected chi connectivity index (χ3v) is 1.93. The van der Waals surface area contributed by atoms with Gasteiger partial charge in [0.15, 0.2) is 6.54 Å². The van der Waals surface area contributed by atoms with E-state index in [9.17, 15) is 0 Å². The molecule has 0 aromatic heterocycles. The van der Waals surface area contributed by atoms with Crippen LogP contribution in [0.2, 0.25) is 0 Å². The second-order valence-electron chi connectivity index (χ2n) is 2.64. The topological polar surface area (TPSA) is 15.0 Å². The number of anilines is 2. The first kappa shape index (κ1) is 5.24. The van der Waals surface area contributed by atoms with Crippen LogP contribution in [-0.4, -0.2) is 0 Å². The number of benzene rings is 1. The molecule has 2 radical (unpaired) electrons. The number of nitrogens with zero attached hydrogens (tertiary/aromatic N) is 1. The minimum absolute atomic E-state index is 1.14. The zero-order valence-corrected chi connectivity index (χ0v) is 5.83. The summed E-state index contributed by atoms with van der Waals surface area (Å²) < 4.78 is 0. The molecule has 1 aromatic carbocycles. The van der Waals surface area contributed by atoms with Gasteiger partial charge in [-0.1, -0.05) is 12.1 Å². The van der Waals surface area contributed by atoms with Gasteiger partial charge in [0.2, 0.25) is 0 Å². The highest BCUT2D eigenvalue weighted by Gasteiger charge is 2.33. The summed E-state index contributed by atoms with van der Waals surface area (Å²) in [5.41, 5.74) is 3.50. The van der Waals surface area contributed by atoms with Crippen LogP contribution in [0.5, 0.6) is 0 Å². The molecule has 0 unspecified atom stereocenters. The molecule has 52 valence electrons. The second-order valence-corrected chi connectivity index (χ2v) is 2.64. The van der Waals surface area contributed by atoms with Crippen molar-refractivity contribution in [3.05, 3.63) is 42.7 Å². The maximum absolute atomic E-state index is 3.19. The number of nitrogens with one attached hydrogen (secondary N) is 1.